The Kier molecular flexibility index (Phi) is 4.75. The van der Waals surface area contributed by atoms with Crippen LogP contribution in [0, 0.1) is 12.3 Å². The van der Waals surface area contributed by atoms with Gasteiger partial charge in [-0.1, -0.05) is 12.0 Å². The number of terminal acetylenes is 1. The molecule has 0 heterocycles. The van der Waals surface area contributed by atoms with E-state index >= 15 is 0 Å². The molecule has 0 fully saturated rings. The molecule has 1 aromatic rings. The second-order valence-electron chi connectivity index (χ2n) is 3.84. The molecular formula is C13H10F3NO3. The number of halogens is 3. The summed E-state index contributed by atoms with van der Waals surface area (Å²) < 4.78 is 37.6. The summed E-state index contributed by atoms with van der Waals surface area (Å²) in [5, 5.41) is 8.65. The zero-order valence-electron chi connectivity index (χ0n) is 10.1. The molecule has 7 heteroatoms. The van der Waals surface area contributed by atoms with Crippen LogP contribution in [0.2, 0.25) is 0 Å². The molecular weight excluding hydrogens is 275 g/mol. The fourth-order valence-electron chi connectivity index (χ4n) is 1.48. The van der Waals surface area contributed by atoms with Gasteiger partial charge < -0.3 is 10.0 Å². The van der Waals surface area contributed by atoms with Gasteiger partial charge in [0, 0.05) is 5.56 Å². The average Bonchev–Trinajstić information content (AvgIpc) is 2.36. The Balaban J connectivity index is 3.06. The van der Waals surface area contributed by atoms with E-state index in [4.69, 9.17) is 11.5 Å². The number of carbonyl (C=O) groups excluding carboxylic acids is 1. The van der Waals surface area contributed by atoms with Crippen LogP contribution < -0.4 is 0 Å². The van der Waals surface area contributed by atoms with Crippen LogP contribution in [0.4, 0.5) is 13.2 Å². The molecule has 106 valence electrons. The molecule has 1 amide bonds. The van der Waals surface area contributed by atoms with Gasteiger partial charge in [0.1, 0.15) is 6.54 Å². The first-order chi connectivity index (χ1) is 9.25. The lowest BCUT2D eigenvalue weighted by Crippen LogP contribution is -2.36. The number of amides is 1. The SMILES string of the molecule is C#CCN(CC(=O)O)C(=O)c1cccc(C(F)(F)F)c1. The third-order valence-electron chi connectivity index (χ3n) is 2.33. The van der Waals surface area contributed by atoms with E-state index in [1.807, 2.05) is 0 Å². The number of nitrogens with zero attached hydrogens (tertiary/aromatic N) is 1. The highest BCUT2D eigenvalue weighted by atomic mass is 19.4. The number of hydrogen-bond donors (Lipinski definition) is 1. The van der Waals surface area contributed by atoms with Crippen LogP contribution >= 0.6 is 0 Å². The molecule has 0 unspecified atom stereocenters. The normalized spacial score (nSPS) is 10.7. The van der Waals surface area contributed by atoms with Crippen molar-refractivity contribution in [2.24, 2.45) is 0 Å². The highest BCUT2D eigenvalue weighted by molar-refractivity contribution is 5.96. The molecule has 0 saturated carbocycles. The number of carboxylic acids is 1. The zero-order chi connectivity index (χ0) is 15.3. The van der Waals surface area contributed by atoms with Crippen molar-refractivity contribution in [2.75, 3.05) is 13.1 Å². The lowest BCUT2D eigenvalue weighted by atomic mass is 10.1. The highest BCUT2D eigenvalue weighted by Crippen LogP contribution is 2.29. The molecule has 0 aliphatic carbocycles. The van der Waals surface area contributed by atoms with Crippen LogP contribution in [0.3, 0.4) is 0 Å². The van der Waals surface area contributed by atoms with Crippen LogP contribution in [0.1, 0.15) is 15.9 Å². The van der Waals surface area contributed by atoms with Gasteiger partial charge in [-0.2, -0.15) is 13.2 Å². The fourth-order valence-corrected chi connectivity index (χ4v) is 1.48. The molecule has 0 atom stereocenters. The molecule has 1 N–H and O–H groups in total. The summed E-state index contributed by atoms with van der Waals surface area (Å²) in [5.74, 6) is -0.0812. The van der Waals surface area contributed by atoms with E-state index in [-0.39, 0.29) is 12.1 Å². The third kappa shape index (κ3) is 4.02. The van der Waals surface area contributed by atoms with E-state index in [1.165, 1.54) is 6.07 Å². The van der Waals surface area contributed by atoms with Gasteiger partial charge in [-0.25, -0.2) is 0 Å². The molecule has 0 aliphatic heterocycles. The summed E-state index contributed by atoms with van der Waals surface area (Å²) in [7, 11) is 0. The standard InChI is InChI=1S/C13H10F3NO3/c1-2-6-17(8-11(18)19)12(20)9-4-3-5-10(7-9)13(14,15)16/h1,3-5,7H,6,8H2,(H,18,19). The largest absolute Gasteiger partial charge is 0.480 e. The third-order valence-corrected chi connectivity index (χ3v) is 2.33. The Morgan fingerprint density at radius 1 is 1.35 bits per heavy atom. The molecule has 0 aromatic heterocycles. The van der Waals surface area contributed by atoms with E-state index in [0.29, 0.717) is 6.07 Å². The number of benzene rings is 1. The minimum atomic E-state index is -4.58. The van der Waals surface area contributed by atoms with Crippen molar-refractivity contribution in [3.05, 3.63) is 35.4 Å². The lowest BCUT2D eigenvalue weighted by molar-refractivity contribution is -0.138. The number of alkyl halides is 3. The maximum Gasteiger partial charge on any atom is 0.416 e. The average molecular weight is 285 g/mol. The quantitative estimate of drug-likeness (QED) is 0.859. The maximum absolute atomic E-state index is 12.5. The first-order valence-corrected chi connectivity index (χ1v) is 5.37. The smallest absolute Gasteiger partial charge is 0.416 e. The van der Waals surface area contributed by atoms with Gasteiger partial charge in [-0.3, -0.25) is 9.59 Å². The fraction of sp³-hybridized carbons (Fsp3) is 0.231. The molecule has 0 spiro atoms. The van der Waals surface area contributed by atoms with E-state index < -0.39 is 30.2 Å². The monoisotopic (exact) mass is 285 g/mol. The molecule has 4 nitrogen and oxygen atoms in total. The van der Waals surface area contributed by atoms with Gasteiger partial charge >= 0.3 is 12.1 Å². The summed E-state index contributed by atoms with van der Waals surface area (Å²) in [5.41, 5.74) is -1.25. The van der Waals surface area contributed by atoms with Crippen molar-refractivity contribution in [1.29, 1.82) is 0 Å². The molecule has 0 bridgehead atoms. The Morgan fingerprint density at radius 3 is 2.50 bits per heavy atom. The predicted molar refractivity (Wildman–Crippen MR) is 63.8 cm³/mol. The molecule has 0 saturated heterocycles. The van der Waals surface area contributed by atoms with Crippen LogP contribution in [-0.2, 0) is 11.0 Å². The van der Waals surface area contributed by atoms with Gasteiger partial charge in [0.25, 0.3) is 5.91 Å². The number of hydrogen-bond acceptors (Lipinski definition) is 2. The van der Waals surface area contributed by atoms with Crippen LogP contribution in [0.5, 0.6) is 0 Å². The van der Waals surface area contributed by atoms with E-state index in [0.717, 1.165) is 17.0 Å². The molecule has 1 aromatic carbocycles. The minimum Gasteiger partial charge on any atom is -0.480 e. The summed E-state index contributed by atoms with van der Waals surface area (Å²) in [6, 6.07) is 3.72. The summed E-state index contributed by atoms with van der Waals surface area (Å²) in [4.78, 5) is 23.3. The number of carboxylic acid groups (broad SMARTS) is 1. The van der Waals surface area contributed by atoms with Crippen LogP contribution in [-0.4, -0.2) is 35.0 Å². The summed E-state index contributed by atoms with van der Waals surface area (Å²) >= 11 is 0. The second-order valence-corrected chi connectivity index (χ2v) is 3.84. The van der Waals surface area contributed by atoms with Crippen molar-refractivity contribution < 1.29 is 27.9 Å². The first-order valence-electron chi connectivity index (χ1n) is 5.37. The Morgan fingerprint density at radius 2 is 2.00 bits per heavy atom. The number of aliphatic carboxylic acids is 1. The van der Waals surface area contributed by atoms with Gasteiger partial charge in [0.2, 0.25) is 0 Å². The number of carbonyl (C=O) groups is 2. The molecule has 0 aliphatic rings. The van der Waals surface area contributed by atoms with Gasteiger partial charge in [-0.05, 0) is 18.2 Å². The van der Waals surface area contributed by atoms with Crippen molar-refractivity contribution in [3.63, 3.8) is 0 Å². The molecule has 1 rings (SSSR count). The Hall–Kier alpha value is -2.49. The number of rotatable bonds is 4. The highest BCUT2D eigenvalue weighted by Gasteiger charge is 2.31. The van der Waals surface area contributed by atoms with Crippen LogP contribution in [0.15, 0.2) is 24.3 Å². The van der Waals surface area contributed by atoms with Gasteiger partial charge in [0.05, 0.1) is 12.1 Å². The van der Waals surface area contributed by atoms with Gasteiger partial charge in [-0.15, -0.1) is 6.42 Å². The van der Waals surface area contributed by atoms with Crippen LogP contribution in [0.25, 0.3) is 0 Å². The minimum absolute atomic E-state index is 0.267. The molecule has 0 radical (unpaired) electrons. The second kappa shape index (κ2) is 6.10. The van der Waals surface area contributed by atoms with E-state index in [2.05, 4.69) is 5.92 Å². The Labute approximate surface area is 112 Å². The van der Waals surface area contributed by atoms with Crippen molar-refractivity contribution >= 4 is 11.9 Å². The molecule has 20 heavy (non-hydrogen) atoms. The summed E-state index contributed by atoms with van der Waals surface area (Å²) in [6.45, 7) is -0.985. The van der Waals surface area contributed by atoms with Crippen molar-refractivity contribution in [3.8, 4) is 12.3 Å². The van der Waals surface area contributed by atoms with Gasteiger partial charge in [0.15, 0.2) is 0 Å². The predicted octanol–water partition coefficient (Wildman–Crippen LogP) is 1.87. The first kappa shape index (κ1) is 15.6. The zero-order valence-corrected chi connectivity index (χ0v) is 10.1. The maximum atomic E-state index is 12.5. The van der Waals surface area contributed by atoms with Crippen molar-refractivity contribution in [1.82, 2.24) is 4.90 Å². The summed E-state index contributed by atoms with van der Waals surface area (Å²) in [6.07, 6.45) is 0.420. The van der Waals surface area contributed by atoms with E-state index in [1.54, 1.807) is 0 Å². The van der Waals surface area contributed by atoms with E-state index in [9.17, 15) is 22.8 Å². The Bertz CT molecular complexity index is 561. The topological polar surface area (TPSA) is 57.6 Å². The lowest BCUT2D eigenvalue weighted by Gasteiger charge is -2.18. The van der Waals surface area contributed by atoms with Crippen molar-refractivity contribution in [2.45, 2.75) is 6.18 Å².